The van der Waals surface area contributed by atoms with Gasteiger partial charge in [0, 0.05) is 0 Å². The fourth-order valence-corrected chi connectivity index (χ4v) is 2.15. The highest BCUT2D eigenvalue weighted by molar-refractivity contribution is 5.29. The van der Waals surface area contributed by atoms with E-state index in [4.69, 9.17) is 14.2 Å². The fraction of sp³-hybridized carbons (Fsp3) is 0.739. The van der Waals surface area contributed by atoms with Gasteiger partial charge >= 0.3 is 0 Å². The van der Waals surface area contributed by atoms with Gasteiger partial charge in [-0.2, -0.15) is 0 Å². The van der Waals surface area contributed by atoms with Gasteiger partial charge < -0.3 is 14.2 Å². The summed E-state index contributed by atoms with van der Waals surface area (Å²) >= 11 is 0. The molecule has 1 aromatic rings. The predicted octanol–water partition coefficient (Wildman–Crippen LogP) is 6.41. The van der Waals surface area contributed by atoms with Crippen LogP contribution in [-0.2, 0) is 34.0 Å². The lowest BCUT2D eigenvalue weighted by Gasteiger charge is -2.25. The minimum absolute atomic E-state index is 0.112. The molecular formula is C23H40O3. The number of benzene rings is 1. The van der Waals surface area contributed by atoms with Crippen LogP contribution in [0.4, 0.5) is 0 Å². The van der Waals surface area contributed by atoms with Gasteiger partial charge in [-0.05, 0) is 78.0 Å². The molecule has 1 aromatic carbocycles. The van der Waals surface area contributed by atoms with Crippen LogP contribution in [0, 0.1) is 0 Å². The van der Waals surface area contributed by atoms with Gasteiger partial charge in [0.2, 0.25) is 0 Å². The summed E-state index contributed by atoms with van der Waals surface area (Å²) in [6, 6.07) is 6.57. The smallest absolute Gasteiger partial charge is 0.0724 e. The molecule has 1 rings (SSSR count). The highest BCUT2D eigenvalue weighted by Gasteiger charge is 2.18. The first kappa shape index (κ1) is 23.1. The quantitative estimate of drug-likeness (QED) is 0.480. The maximum absolute atomic E-state index is 6.11. The molecule has 0 N–H and O–H groups in total. The zero-order valence-electron chi connectivity index (χ0n) is 18.5. The summed E-state index contributed by atoms with van der Waals surface area (Å²) in [6.45, 7) is 20.9. The van der Waals surface area contributed by atoms with Gasteiger partial charge in [-0.3, -0.25) is 0 Å². The first-order chi connectivity index (χ1) is 11.9. The van der Waals surface area contributed by atoms with Gasteiger partial charge in [0.25, 0.3) is 0 Å². The average Bonchev–Trinajstić information content (AvgIpc) is 2.56. The molecule has 0 fully saturated rings. The van der Waals surface area contributed by atoms with Crippen molar-refractivity contribution in [1.82, 2.24) is 0 Å². The maximum Gasteiger partial charge on any atom is 0.0724 e. The Hall–Kier alpha value is -0.900. The molecule has 0 spiro atoms. The van der Waals surface area contributed by atoms with Gasteiger partial charge in [0.05, 0.1) is 36.6 Å². The molecule has 0 heterocycles. The largest absolute Gasteiger partial charge is 0.371 e. The molecule has 0 aromatic heterocycles. The summed E-state index contributed by atoms with van der Waals surface area (Å²) in [5.74, 6) is 0. The van der Waals surface area contributed by atoms with E-state index in [0.29, 0.717) is 19.8 Å². The van der Waals surface area contributed by atoms with Crippen LogP contribution in [0.5, 0.6) is 0 Å². The highest BCUT2D eigenvalue weighted by Crippen LogP contribution is 2.22. The first-order valence-electron chi connectivity index (χ1n) is 9.89. The van der Waals surface area contributed by atoms with Gasteiger partial charge in [0.15, 0.2) is 0 Å². The molecule has 0 atom stereocenters. The van der Waals surface area contributed by atoms with Crippen LogP contribution in [0.1, 0.15) is 91.8 Å². The standard InChI is InChI=1S/C23H40O3/c1-10-22(6,7)25-16-19-12-18(15-24-21(3,4)5)13-20(14-19)17-26-23(8,9)11-2/h12-14H,10-11,15-17H2,1-9H3. The van der Waals surface area contributed by atoms with E-state index in [1.54, 1.807) is 0 Å². The van der Waals surface area contributed by atoms with Gasteiger partial charge in [-0.15, -0.1) is 0 Å². The van der Waals surface area contributed by atoms with E-state index in [-0.39, 0.29) is 16.8 Å². The first-order valence-corrected chi connectivity index (χ1v) is 9.89. The van der Waals surface area contributed by atoms with Crippen molar-refractivity contribution in [2.45, 2.75) is 112 Å². The van der Waals surface area contributed by atoms with E-state index >= 15 is 0 Å². The average molecular weight is 365 g/mol. The van der Waals surface area contributed by atoms with Crippen molar-refractivity contribution in [3.63, 3.8) is 0 Å². The van der Waals surface area contributed by atoms with E-state index in [9.17, 15) is 0 Å². The van der Waals surface area contributed by atoms with Gasteiger partial charge in [-0.1, -0.05) is 32.0 Å². The topological polar surface area (TPSA) is 27.7 Å². The second-order valence-corrected chi connectivity index (χ2v) is 9.36. The second kappa shape index (κ2) is 9.34. The van der Waals surface area contributed by atoms with Crippen LogP contribution in [0.25, 0.3) is 0 Å². The molecule has 0 aliphatic rings. The molecule has 0 aliphatic carbocycles. The third-order valence-corrected chi connectivity index (χ3v) is 4.75. The Bertz CT molecular complexity index is 515. The lowest BCUT2D eigenvalue weighted by atomic mass is 10.0. The molecular weight excluding hydrogens is 324 g/mol. The number of rotatable bonds is 10. The number of hydrogen-bond donors (Lipinski definition) is 0. The molecule has 150 valence electrons. The van der Waals surface area contributed by atoms with Crippen molar-refractivity contribution in [1.29, 1.82) is 0 Å². The maximum atomic E-state index is 6.11. The Balaban J connectivity index is 2.94. The van der Waals surface area contributed by atoms with Crippen molar-refractivity contribution in [3.05, 3.63) is 34.9 Å². The Morgan fingerprint density at radius 1 is 0.577 bits per heavy atom. The zero-order chi connectivity index (χ0) is 20.0. The van der Waals surface area contributed by atoms with Gasteiger partial charge in [-0.25, -0.2) is 0 Å². The van der Waals surface area contributed by atoms with Gasteiger partial charge in [0.1, 0.15) is 0 Å². The molecule has 0 aliphatic heterocycles. The lowest BCUT2D eigenvalue weighted by molar-refractivity contribution is -0.0341. The Morgan fingerprint density at radius 2 is 0.885 bits per heavy atom. The summed E-state index contributed by atoms with van der Waals surface area (Å²) in [5.41, 5.74) is 3.14. The normalized spacial score (nSPS) is 13.3. The monoisotopic (exact) mass is 364 g/mol. The summed E-state index contributed by atoms with van der Waals surface area (Å²) in [6.07, 6.45) is 1.97. The van der Waals surface area contributed by atoms with Crippen LogP contribution >= 0.6 is 0 Å². The molecule has 3 heteroatoms. The minimum Gasteiger partial charge on any atom is -0.371 e. The molecule has 0 saturated heterocycles. The van der Waals surface area contributed by atoms with E-state index in [2.05, 4.69) is 80.5 Å². The van der Waals surface area contributed by atoms with Crippen molar-refractivity contribution in [2.75, 3.05) is 0 Å². The van der Waals surface area contributed by atoms with Crippen LogP contribution in [0.15, 0.2) is 18.2 Å². The summed E-state index contributed by atoms with van der Waals surface area (Å²) in [4.78, 5) is 0. The van der Waals surface area contributed by atoms with Crippen LogP contribution in [0.3, 0.4) is 0 Å². The number of hydrogen-bond acceptors (Lipinski definition) is 3. The minimum atomic E-state index is -0.155. The third-order valence-electron chi connectivity index (χ3n) is 4.75. The molecule has 3 nitrogen and oxygen atoms in total. The molecule has 0 radical (unpaired) electrons. The Morgan fingerprint density at radius 3 is 1.15 bits per heavy atom. The summed E-state index contributed by atoms with van der Waals surface area (Å²) < 4.78 is 18.2. The predicted molar refractivity (Wildman–Crippen MR) is 109 cm³/mol. The number of ether oxygens (including phenoxy) is 3. The Kier molecular flexibility index (Phi) is 8.32. The molecule has 0 saturated carbocycles. The second-order valence-electron chi connectivity index (χ2n) is 9.36. The van der Waals surface area contributed by atoms with E-state index in [1.807, 2.05) is 0 Å². The van der Waals surface area contributed by atoms with Crippen molar-refractivity contribution in [2.24, 2.45) is 0 Å². The van der Waals surface area contributed by atoms with E-state index < -0.39 is 0 Å². The summed E-state index contributed by atoms with van der Waals surface area (Å²) in [7, 11) is 0. The molecule has 0 amide bonds. The van der Waals surface area contributed by atoms with Crippen molar-refractivity contribution >= 4 is 0 Å². The van der Waals surface area contributed by atoms with E-state index in [1.165, 1.54) is 16.7 Å². The summed E-state index contributed by atoms with van der Waals surface area (Å²) in [5, 5.41) is 0. The molecule has 0 bridgehead atoms. The fourth-order valence-electron chi connectivity index (χ4n) is 2.15. The SMILES string of the molecule is CCC(C)(C)OCc1cc(COC(C)(C)C)cc(COC(C)(C)CC)c1. The third kappa shape index (κ3) is 9.16. The van der Waals surface area contributed by atoms with Crippen LogP contribution in [-0.4, -0.2) is 16.8 Å². The molecule has 26 heavy (non-hydrogen) atoms. The Labute approximate surface area is 161 Å². The van der Waals surface area contributed by atoms with Crippen molar-refractivity contribution in [3.8, 4) is 0 Å². The van der Waals surface area contributed by atoms with Crippen LogP contribution < -0.4 is 0 Å². The van der Waals surface area contributed by atoms with Crippen LogP contribution in [0.2, 0.25) is 0 Å². The zero-order valence-corrected chi connectivity index (χ0v) is 18.5. The lowest BCUT2D eigenvalue weighted by Crippen LogP contribution is -2.23. The highest BCUT2D eigenvalue weighted by atomic mass is 16.5. The molecule has 0 unspecified atom stereocenters. The van der Waals surface area contributed by atoms with Crippen molar-refractivity contribution < 1.29 is 14.2 Å². The van der Waals surface area contributed by atoms with E-state index in [0.717, 1.165) is 12.8 Å².